The van der Waals surface area contributed by atoms with Crippen LogP contribution in [0.5, 0.6) is 0 Å². The summed E-state index contributed by atoms with van der Waals surface area (Å²) < 4.78 is 8.73. The molecule has 0 spiro atoms. The Kier molecular flexibility index (Phi) is 6.23. The molecule has 53 heavy (non-hydrogen) atoms. The Balaban J connectivity index is 1.12. The lowest BCUT2D eigenvalue weighted by Gasteiger charge is -2.21. The summed E-state index contributed by atoms with van der Waals surface area (Å²) in [7, 11) is 0. The second kappa shape index (κ2) is 11.1. The van der Waals surface area contributed by atoms with Gasteiger partial charge in [-0.25, -0.2) is 15.0 Å². The molecule has 5 nitrogen and oxygen atoms in total. The number of para-hydroxylation sites is 2. The molecule has 7 aromatic carbocycles. The van der Waals surface area contributed by atoms with E-state index in [1.807, 2.05) is 30.3 Å². The van der Waals surface area contributed by atoms with Gasteiger partial charge in [0.05, 0.1) is 16.4 Å². The first kappa shape index (κ1) is 29.8. The minimum atomic E-state index is -0.136. The second-order valence-electron chi connectivity index (χ2n) is 14.4. The SMILES string of the molecule is CC1(C)c2ccccc2-c2ccc(-c3nc(-c4ccccc4)nc(-c4cccc(-n5c6ccccc6c6ccc7oc8ccccc8c7c65)c4)n3)cc21. The molecule has 5 heteroatoms. The zero-order chi connectivity index (χ0) is 35.3. The highest BCUT2D eigenvalue weighted by molar-refractivity contribution is 6.24. The zero-order valence-corrected chi connectivity index (χ0v) is 29.2. The van der Waals surface area contributed by atoms with Crippen molar-refractivity contribution in [2.75, 3.05) is 0 Å². The van der Waals surface area contributed by atoms with Gasteiger partial charge in [-0.1, -0.05) is 129 Å². The van der Waals surface area contributed by atoms with Crippen LogP contribution in [0, 0.1) is 0 Å². The summed E-state index contributed by atoms with van der Waals surface area (Å²) in [5.74, 6) is 1.91. The first-order chi connectivity index (χ1) is 26.0. The third-order valence-corrected chi connectivity index (χ3v) is 11.0. The van der Waals surface area contributed by atoms with Gasteiger partial charge in [0.25, 0.3) is 0 Å². The van der Waals surface area contributed by atoms with Gasteiger partial charge in [-0.3, -0.25) is 0 Å². The van der Waals surface area contributed by atoms with Crippen LogP contribution in [-0.4, -0.2) is 19.5 Å². The largest absolute Gasteiger partial charge is 0.456 e. The molecule has 0 unspecified atom stereocenters. The Morgan fingerprint density at radius 2 is 1.13 bits per heavy atom. The van der Waals surface area contributed by atoms with Crippen LogP contribution in [0.1, 0.15) is 25.0 Å². The van der Waals surface area contributed by atoms with Crippen LogP contribution >= 0.6 is 0 Å². The summed E-state index contributed by atoms with van der Waals surface area (Å²) in [4.78, 5) is 15.4. The standard InChI is InChI=1S/C48H32N4O/c1-48(2)38-20-9-6-17-33(38)34-24-23-31(28-39(34)48)47-50-45(29-13-4-3-5-14-29)49-46(51-47)30-15-12-16-32(27-30)52-40-21-10-7-18-35(40)36-25-26-42-43(44(36)52)37-19-8-11-22-41(37)53-42/h3-28H,1-2H3. The monoisotopic (exact) mass is 680 g/mol. The molecule has 1 aliphatic rings. The Labute approximate surface area is 305 Å². The van der Waals surface area contributed by atoms with Gasteiger partial charge in [-0.05, 0) is 64.7 Å². The second-order valence-corrected chi connectivity index (χ2v) is 14.4. The number of hydrogen-bond acceptors (Lipinski definition) is 4. The van der Waals surface area contributed by atoms with Gasteiger partial charge in [0.15, 0.2) is 17.5 Å². The number of nitrogens with zero attached hydrogens (tertiary/aromatic N) is 4. The minimum absolute atomic E-state index is 0.136. The fourth-order valence-electron chi connectivity index (χ4n) is 8.51. The summed E-state index contributed by atoms with van der Waals surface area (Å²) in [5.41, 5.74) is 12.9. The van der Waals surface area contributed by atoms with Crippen molar-refractivity contribution in [3.05, 3.63) is 169 Å². The molecule has 0 saturated heterocycles. The normalized spacial score (nSPS) is 13.2. The van der Waals surface area contributed by atoms with Crippen LogP contribution in [0.3, 0.4) is 0 Å². The van der Waals surface area contributed by atoms with Crippen molar-refractivity contribution >= 4 is 43.7 Å². The summed E-state index contributed by atoms with van der Waals surface area (Å²) >= 11 is 0. The molecule has 3 aromatic heterocycles. The van der Waals surface area contributed by atoms with Gasteiger partial charge >= 0.3 is 0 Å². The number of furan rings is 1. The highest BCUT2D eigenvalue weighted by Gasteiger charge is 2.35. The van der Waals surface area contributed by atoms with Crippen LogP contribution in [0.4, 0.5) is 0 Å². The van der Waals surface area contributed by atoms with Crippen LogP contribution < -0.4 is 0 Å². The highest BCUT2D eigenvalue weighted by Crippen LogP contribution is 2.49. The zero-order valence-electron chi connectivity index (χ0n) is 29.2. The summed E-state index contributed by atoms with van der Waals surface area (Å²) in [6, 6.07) is 55.3. The molecule has 3 heterocycles. The molecule has 0 bridgehead atoms. The fourth-order valence-corrected chi connectivity index (χ4v) is 8.51. The van der Waals surface area contributed by atoms with Crippen LogP contribution in [0.2, 0.25) is 0 Å². The van der Waals surface area contributed by atoms with Crippen LogP contribution in [-0.2, 0) is 5.41 Å². The third-order valence-electron chi connectivity index (χ3n) is 11.0. The van der Waals surface area contributed by atoms with E-state index in [0.29, 0.717) is 17.5 Å². The molecule has 0 aliphatic heterocycles. The number of benzene rings is 7. The van der Waals surface area contributed by atoms with E-state index in [-0.39, 0.29) is 5.41 Å². The van der Waals surface area contributed by atoms with E-state index in [4.69, 9.17) is 19.4 Å². The molecule has 0 radical (unpaired) electrons. The first-order valence-corrected chi connectivity index (χ1v) is 18.0. The maximum Gasteiger partial charge on any atom is 0.164 e. The first-order valence-electron chi connectivity index (χ1n) is 18.0. The molecule has 0 atom stereocenters. The Hall–Kier alpha value is -6.85. The van der Waals surface area contributed by atoms with E-state index in [2.05, 4.69) is 146 Å². The van der Waals surface area contributed by atoms with Crippen molar-refractivity contribution in [3.63, 3.8) is 0 Å². The molecule has 0 amide bonds. The highest BCUT2D eigenvalue weighted by atomic mass is 16.3. The Bertz CT molecular complexity index is 3100. The lowest BCUT2D eigenvalue weighted by atomic mass is 9.82. The predicted octanol–water partition coefficient (Wildman–Crippen LogP) is 12.2. The van der Waals surface area contributed by atoms with Gasteiger partial charge < -0.3 is 8.98 Å². The smallest absolute Gasteiger partial charge is 0.164 e. The molecular formula is C48H32N4O. The van der Waals surface area contributed by atoms with Gasteiger partial charge in [0.2, 0.25) is 0 Å². The molecule has 11 rings (SSSR count). The lowest BCUT2D eigenvalue weighted by molar-refractivity contribution is 0.660. The summed E-state index contributed by atoms with van der Waals surface area (Å²) in [5, 5.41) is 4.58. The average Bonchev–Trinajstić information content (AvgIpc) is 3.83. The molecule has 1 aliphatic carbocycles. The molecule has 0 saturated carbocycles. The Morgan fingerprint density at radius 1 is 0.472 bits per heavy atom. The number of aromatic nitrogens is 4. The number of rotatable bonds is 4. The lowest BCUT2D eigenvalue weighted by Crippen LogP contribution is -2.15. The Morgan fingerprint density at radius 3 is 1.98 bits per heavy atom. The van der Waals surface area contributed by atoms with Gasteiger partial charge in [-0.15, -0.1) is 0 Å². The van der Waals surface area contributed by atoms with E-state index in [1.54, 1.807) is 0 Å². The molecule has 250 valence electrons. The van der Waals surface area contributed by atoms with Gasteiger partial charge in [-0.2, -0.15) is 0 Å². The van der Waals surface area contributed by atoms with Gasteiger partial charge in [0, 0.05) is 44.0 Å². The van der Waals surface area contributed by atoms with Crippen molar-refractivity contribution in [1.82, 2.24) is 19.5 Å². The maximum atomic E-state index is 6.37. The summed E-state index contributed by atoms with van der Waals surface area (Å²) in [6.07, 6.45) is 0. The molecule has 0 N–H and O–H groups in total. The predicted molar refractivity (Wildman–Crippen MR) is 215 cm³/mol. The minimum Gasteiger partial charge on any atom is -0.456 e. The molecular weight excluding hydrogens is 649 g/mol. The van der Waals surface area contributed by atoms with Crippen molar-refractivity contribution in [3.8, 4) is 51.0 Å². The van der Waals surface area contributed by atoms with E-state index in [1.165, 1.54) is 33.0 Å². The van der Waals surface area contributed by atoms with Gasteiger partial charge in [0.1, 0.15) is 11.2 Å². The third kappa shape index (κ3) is 4.40. The maximum absolute atomic E-state index is 6.37. The van der Waals surface area contributed by atoms with Crippen LogP contribution in [0.25, 0.3) is 94.7 Å². The quantitative estimate of drug-likeness (QED) is 0.186. The van der Waals surface area contributed by atoms with Crippen molar-refractivity contribution < 1.29 is 4.42 Å². The topological polar surface area (TPSA) is 56.7 Å². The fraction of sp³-hybridized carbons (Fsp3) is 0.0625. The van der Waals surface area contributed by atoms with E-state index in [0.717, 1.165) is 55.3 Å². The average molecular weight is 681 g/mol. The van der Waals surface area contributed by atoms with Crippen molar-refractivity contribution in [2.24, 2.45) is 0 Å². The molecule has 0 fully saturated rings. The number of fused-ring (bicyclic) bond motifs is 10. The van der Waals surface area contributed by atoms with E-state index < -0.39 is 0 Å². The number of hydrogen-bond donors (Lipinski definition) is 0. The molecule has 10 aromatic rings. The van der Waals surface area contributed by atoms with E-state index >= 15 is 0 Å². The van der Waals surface area contributed by atoms with Crippen LogP contribution in [0.15, 0.2) is 162 Å². The van der Waals surface area contributed by atoms with Crippen molar-refractivity contribution in [2.45, 2.75) is 19.3 Å². The van der Waals surface area contributed by atoms with E-state index in [9.17, 15) is 0 Å². The van der Waals surface area contributed by atoms with Crippen molar-refractivity contribution in [1.29, 1.82) is 0 Å². The summed E-state index contributed by atoms with van der Waals surface area (Å²) in [6.45, 7) is 4.60.